The lowest BCUT2D eigenvalue weighted by molar-refractivity contribution is -0.189. The van der Waals surface area contributed by atoms with E-state index in [-0.39, 0.29) is 52.4 Å². The van der Waals surface area contributed by atoms with Gasteiger partial charge in [-0.2, -0.15) is 0 Å². The average molecular weight is 671 g/mol. The lowest BCUT2D eigenvalue weighted by Crippen LogP contribution is -2.71. The van der Waals surface area contributed by atoms with E-state index in [9.17, 15) is 39.6 Å². The third-order valence-electron chi connectivity index (χ3n) is 12.4. The summed E-state index contributed by atoms with van der Waals surface area (Å²) >= 11 is 0. The number of aliphatic hydroxyl groups excluding tert-OH is 2. The summed E-state index contributed by atoms with van der Waals surface area (Å²) < 4.78 is 0. The average Bonchev–Trinajstić information content (AvgIpc) is 2.98. The van der Waals surface area contributed by atoms with Crippen molar-refractivity contribution in [1.82, 2.24) is 0 Å². The van der Waals surface area contributed by atoms with Crippen LogP contribution in [0.5, 0.6) is 5.75 Å². The van der Waals surface area contributed by atoms with Gasteiger partial charge in [0.2, 0.25) is 5.78 Å². The number of carbonyl (C=O) groups is 4. The first-order chi connectivity index (χ1) is 22.5. The Bertz CT molecular complexity index is 1890. The Hall–Kier alpha value is -4.04. The lowest BCUT2D eigenvalue weighted by Gasteiger charge is -2.64. The number of carbonyl (C=O) groups excluding carboxylic acids is 4. The number of hydrogen-bond donors (Lipinski definition) is 4. The van der Waals surface area contributed by atoms with Crippen LogP contribution in [0.3, 0.4) is 0 Å². The van der Waals surface area contributed by atoms with E-state index in [4.69, 9.17) is 0 Å². The SMILES string of the molecule is CC(=O)C1=C(O)C(C(C)C)[C@@]2(C)[C@H](C)[C@]3(C)C(=C(O)[C@@]2(O)C1=O)C(=O)c1c(ccc(CC(=O)Cc2ccc(C)cc2C(C)(C)C)c1O)[C@H]3C. The fourth-order valence-corrected chi connectivity index (χ4v) is 9.59. The normalized spacial score (nSPS) is 29.9. The summed E-state index contributed by atoms with van der Waals surface area (Å²) in [4.78, 5) is 54.9. The number of aromatic hydroxyl groups is 1. The lowest BCUT2D eigenvalue weighted by atomic mass is 9.39. The topological polar surface area (TPSA) is 149 Å². The molecule has 0 spiro atoms. The number of aliphatic hydroxyl groups is 3. The van der Waals surface area contributed by atoms with Crippen LogP contribution in [-0.2, 0) is 32.6 Å². The van der Waals surface area contributed by atoms with E-state index in [0.717, 1.165) is 23.6 Å². The van der Waals surface area contributed by atoms with Gasteiger partial charge in [-0.3, -0.25) is 19.2 Å². The van der Waals surface area contributed by atoms with Gasteiger partial charge in [0.25, 0.3) is 0 Å². The molecule has 0 bridgehead atoms. The van der Waals surface area contributed by atoms with Crippen LogP contribution in [0.2, 0.25) is 0 Å². The third kappa shape index (κ3) is 4.80. The molecule has 2 aromatic rings. The van der Waals surface area contributed by atoms with Crippen molar-refractivity contribution >= 4 is 23.1 Å². The number of allylic oxidation sites excluding steroid dienone is 2. The highest BCUT2D eigenvalue weighted by molar-refractivity contribution is 6.25. The Morgan fingerprint density at radius 1 is 0.939 bits per heavy atom. The van der Waals surface area contributed by atoms with Crippen molar-refractivity contribution in [3.8, 4) is 5.75 Å². The summed E-state index contributed by atoms with van der Waals surface area (Å²) in [6.45, 7) is 20.1. The summed E-state index contributed by atoms with van der Waals surface area (Å²) in [5, 5.41) is 47.7. The maximum Gasteiger partial charge on any atom is 0.209 e. The second-order valence-electron chi connectivity index (χ2n) is 16.5. The van der Waals surface area contributed by atoms with E-state index in [0.29, 0.717) is 5.56 Å². The van der Waals surface area contributed by atoms with Gasteiger partial charge in [-0.1, -0.05) is 98.2 Å². The standard InChI is InChI=1S/C41H50O8/c1-19(2)31-34(45)29(22(5)42)36(47)41(49)37(48)32-35(46)30-27(21(4)39(32,10)23(6)40(31,41)11)15-14-25(33(30)44)18-26(43)17-24-13-12-20(3)16-28(24)38(7,8)9/h12-16,19,21,23,31,44-45,48-49H,17-18H2,1-11H3/t21-,23-,31?,39-,40-,41+/m1/s1. The molecule has 1 unspecified atom stereocenters. The zero-order valence-electron chi connectivity index (χ0n) is 30.5. The molecule has 3 aliphatic rings. The zero-order chi connectivity index (χ0) is 36.9. The molecule has 8 heteroatoms. The van der Waals surface area contributed by atoms with E-state index in [1.54, 1.807) is 46.8 Å². The van der Waals surface area contributed by atoms with Crippen LogP contribution in [-0.4, -0.2) is 49.2 Å². The first-order valence-electron chi connectivity index (χ1n) is 17.1. The maximum atomic E-state index is 14.6. The van der Waals surface area contributed by atoms with E-state index in [2.05, 4.69) is 26.8 Å². The molecule has 0 aliphatic heterocycles. The molecular weight excluding hydrogens is 620 g/mol. The van der Waals surface area contributed by atoms with Crippen LogP contribution in [0, 0.1) is 35.5 Å². The molecule has 0 amide bonds. The second kappa shape index (κ2) is 11.5. The highest BCUT2D eigenvalue weighted by Gasteiger charge is 2.74. The van der Waals surface area contributed by atoms with Gasteiger partial charge >= 0.3 is 0 Å². The number of ketones is 4. The summed E-state index contributed by atoms with van der Waals surface area (Å²) in [5.74, 6) is -7.00. The van der Waals surface area contributed by atoms with Crippen molar-refractivity contribution in [2.75, 3.05) is 0 Å². The number of Topliss-reactive ketones (excluding diaryl/α,β-unsaturated/α-hetero) is 4. The van der Waals surface area contributed by atoms with E-state index < -0.39 is 68.6 Å². The molecule has 3 aliphatic carbocycles. The van der Waals surface area contributed by atoms with E-state index in [1.807, 2.05) is 26.0 Å². The van der Waals surface area contributed by atoms with Crippen molar-refractivity contribution in [2.45, 2.75) is 106 Å². The first kappa shape index (κ1) is 36.2. The molecule has 262 valence electrons. The molecule has 0 saturated carbocycles. The Morgan fingerprint density at radius 3 is 2.06 bits per heavy atom. The molecule has 0 heterocycles. The molecule has 49 heavy (non-hydrogen) atoms. The number of benzene rings is 2. The molecule has 2 aromatic carbocycles. The van der Waals surface area contributed by atoms with Crippen LogP contribution < -0.4 is 0 Å². The van der Waals surface area contributed by atoms with Crippen molar-refractivity contribution in [1.29, 1.82) is 0 Å². The fraction of sp³-hybridized carbons (Fsp3) is 0.512. The molecule has 4 N–H and O–H groups in total. The first-order valence-corrected chi connectivity index (χ1v) is 17.1. The minimum absolute atomic E-state index is 0.0872. The molecule has 8 nitrogen and oxygen atoms in total. The Kier molecular flexibility index (Phi) is 8.51. The second-order valence-corrected chi connectivity index (χ2v) is 16.5. The predicted octanol–water partition coefficient (Wildman–Crippen LogP) is 7.11. The number of rotatable bonds is 6. The van der Waals surface area contributed by atoms with Gasteiger partial charge in [0.15, 0.2) is 17.2 Å². The van der Waals surface area contributed by atoms with E-state index >= 15 is 0 Å². The van der Waals surface area contributed by atoms with Gasteiger partial charge in [0.05, 0.1) is 5.56 Å². The van der Waals surface area contributed by atoms with Crippen LogP contribution in [0.4, 0.5) is 0 Å². The molecule has 0 fully saturated rings. The Morgan fingerprint density at radius 2 is 1.51 bits per heavy atom. The predicted molar refractivity (Wildman–Crippen MR) is 187 cm³/mol. The summed E-state index contributed by atoms with van der Waals surface area (Å²) in [6.07, 6.45) is -0.00157. The Labute approximate surface area is 288 Å². The number of phenols is 1. The minimum atomic E-state index is -2.71. The molecule has 0 radical (unpaired) electrons. The third-order valence-corrected chi connectivity index (χ3v) is 12.4. The maximum absolute atomic E-state index is 14.6. The van der Waals surface area contributed by atoms with Gasteiger partial charge in [0, 0.05) is 40.7 Å². The summed E-state index contributed by atoms with van der Waals surface area (Å²) in [5.41, 5.74) is -2.69. The van der Waals surface area contributed by atoms with Crippen LogP contribution in [0.1, 0.15) is 113 Å². The van der Waals surface area contributed by atoms with Gasteiger partial charge in [-0.05, 0) is 53.7 Å². The van der Waals surface area contributed by atoms with Crippen molar-refractivity contribution in [2.24, 2.45) is 28.6 Å². The smallest absolute Gasteiger partial charge is 0.209 e. The molecule has 0 saturated heterocycles. The quantitative estimate of drug-likeness (QED) is 0.238. The minimum Gasteiger partial charge on any atom is -0.511 e. The van der Waals surface area contributed by atoms with Crippen molar-refractivity contribution < 1.29 is 39.6 Å². The number of hydrogen-bond acceptors (Lipinski definition) is 8. The van der Waals surface area contributed by atoms with Gasteiger partial charge in [-0.15, -0.1) is 0 Å². The molecule has 6 atom stereocenters. The van der Waals surface area contributed by atoms with E-state index in [1.165, 1.54) is 0 Å². The van der Waals surface area contributed by atoms with Crippen LogP contribution in [0.15, 0.2) is 53.0 Å². The molecule has 5 rings (SSSR count). The number of aryl methyl sites for hydroxylation is 1. The van der Waals surface area contributed by atoms with Gasteiger partial charge in [-0.25, -0.2) is 0 Å². The number of fused-ring (bicyclic) bond motifs is 3. The molecular formula is C41H50O8. The largest absolute Gasteiger partial charge is 0.511 e. The zero-order valence-corrected chi connectivity index (χ0v) is 30.5. The summed E-state index contributed by atoms with van der Waals surface area (Å²) in [6, 6.07) is 9.39. The van der Waals surface area contributed by atoms with Crippen molar-refractivity contribution in [3.05, 3.63) is 86.4 Å². The molecule has 0 aromatic heterocycles. The van der Waals surface area contributed by atoms with Gasteiger partial charge < -0.3 is 20.4 Å². The number of phenolic OH excluding ortho intramolecular Hbond substituents is 1. The highest BCUT2D eigenvalue weighted by atomic mass is 16.3. The van der Waals surface area contributed by atoms with Crippen LogP contribution in [0.25, 0.3) is 0 Å². The van der Waals surface area contributed by atoms with Crippen molar-refractivity contribution in [3.63, 3.8) is 0 Å². The monoisotopic (exact) mass is 670 g/mol. The van der Waals surface area contributed by atoms with Crippen LogP contribution >= 0.6 is 0 Å². The summed E-state index contributed by atoms with van der Waals surface area (Å²) in [7, 11) is 0. The highest BCUT2D eigenvalue weighted by Crippen LogP contribution is 2.70. The Balaban J connectivity index is 1.65. The van der Waals surface area contributed by atoms with Gasteiger partial charge in [0.1, 0.15) is 28.6 Å². The fourth-order valence-electron chi connectivity index (χ4n) is 9.59.